The number of rotatable bonds is 2. The highest BCUT2D eigenvalue weighted by Gasteiger charge is 2.16. The molecule has 1 rings (SSSR count). The van der Waals surface area contributed by atoms with E-state index in [0.29, 0.717) is 0 Å². The highest BCUT2D eigenvalue weighted by Crippen LogP contribution is 2.29. The first-order valence-corrected chi connectivity index (χ1v) is 2.98. The molecule has 0 radical (unpaired) electrons. The predicted octanol–water partition coefficient (Wildman–Crippen LogP) is 1.54. The van der Waals surface area contributed by atoms with Gasteiger partial charge in [-0.15, -0.1) is 0 Å². The van der Waals surface area contributed by atoms with Crippen LogP contribution in [0.25, 0.3) is 0 Å². The van der Waals surface area contributed by atoms with Crippen molar-refractivity contribution in [1.82, 2.24) is 0 Å². The van der Waals surface area contributed by atoms with Crippen LogP contribution in [0.3, 0.4) is 0 Å². The summed E-state index contributed by atoms with van der Waals surface area (Å²) in [6.07, 6.45) is 6.23. The van der Waals surface area contributed by atoms with E-state index < -0.39 is 0 Å². The summed E-state index contributed by atoms with van der Waals surface area (Å²) in [5.74, 6) is 0.899. The maximum Gasteiger partial charge on any atom is 0.152 e. The molecule has 1 saturated carbocycles. The minimum absolute atomic E-state index is 0.164. The normalized spacial score (nSPS) is 19.6. The molecule has 0 aromatic carbocycles. The summed E-state index contributed by atoms with van der Waals surface area (Å²) in [6, 6.07) is 0. The fraction of sp³-hybridized carbons (Fsp3) is 0.571. The lowest BCUT2D eigenvalue weighted by Crippen LogP contribution is -1.79. The van der Waals surface area contributed by atoms with Gasteiger partial charge in [-0.2, -0.15) is 0 Å². The number of ketones is 1. The Kier molecular flexibility index (Phi) is 1.47. The third-order valence-electron chi connectivity index (χ3n) is 1.23. The Bertz CT molecular complexity index is 120. The van der Waals surface area contributed by atoms with E-state index in [2.05, 4.69) is 0 Å². The molecule has 44 valence electrons. The monoisotopic (exact) mass is 110 g/mol. The molecule has 1 aliphatic rings. The number of hydrogen-bond donors (Lipinski definition) is 0. The van der Waals surface area contributed by atoms with Crippen LogP contribution in [-0.2, 0) is 4.79 Å². The van der Waals surface area contributed by atoms with Crippen LogP contribution >= 0.6 is 0 Å². The van der Waals surface area contributed by atoms with Gasteiger partial charge < -0.3 is 0 Å². The van der Waals surface area contributed by atoms with Crippen molar-refractivity contribution in [1.29, 1.82) is 0 Å². The summed E-state index contributed by atoms with van der Waals surface area (Å²) >= 11 is 0. The summed E-state index contributed by atoms with van der Waals surface area (Å²) < 4.78 is 0. The lowest BCUT2D eigenvalue weighted by atomic mass is 10.3. The summed E-state index contributed by atoms with van der Waals surface area (Å²) in [6.45, 7) is 1.58. The third-order valence-corrected chi connectivity index (χ3v) is 1.23. The zero-order valence-corrected chi connectivity index (χ0v) is 5.05. The van der Waals surface area contributed by atoms with E-state index in [9.17, 15) is 4.79 Å². The zero-order chi connectivity index (χ0) is 5.98. The molecular formula is C7H10O. The third kappa shape index (κ3) is 1.92. The van der Waals surface area contributed by atoms with Gasteiger partial charge in [0.05, 0.1) is 0 Å². The highest BCUT2D eigenvalue weighted by atomic mass is 16.1. The molecule has 1 fully saturated rings. The van der Waals surface area contributed by atoms with Gasteiger partial charge in [0.1, 0.15) is 0 Å². The molecule has 8 heavy (non-hydrogen) atoms. The fourth-order valence-electron chi connectivity index (χ4n) is 0.560. The predicted molar refractivity (Wildman–Crippen MR) is 32.5 cm³/mol. The SMILES string of the molecule is CC(=O)/C=C/C1CC1. The fourth-order valence-corrected chi connectivity index (χ4v) is 0.560. The van der Waals surface area contributed by atoms with E-state index in [-0.39, 0.29) is 5.78 Å². The summed E-state index contributed by atoms with van der Waals surface area (Å²) in [4.78, 5) is 10.3. The van der Waals surface area contributed by atoms with Crippen LogP contribution in [0.15, 0.2) is 12.2 Å². The molecule has 0 amide bonds. The average molecular weight is 110 g/mol. The van der Waals surface area contributed by atoms with Crippen molar-refractivity contribution in [2.75, 3.05) is 0 Å². The zero-order valence-electron chi connectivity index (χ0n) is 5.05. The molecule has 0 unspecified atom stereocenters. The largest absolute Gasteiger partial charge is 0.295 e. The van der Waals surface area contributed by atoms with Crippen LogP contribution < -0.4 is 0 Å². The Balaban J connectivity index is 2.23. The smallest absolute Gasteiger partial charge is 0.152 e. The molecular weight excluding hydrogens is 100 g/mol. The molecule has 1 heteroatoms. The van der Waals surface area contributed by atoms with Gasteiger partial charge >= 0.3 is 0 Å². The number of carbonyl (C=O) groups excluding carboxylic acids is 1. The minimum Gasteiger partial charge on any atom is -0.295 e. The van der Waals surface area contributed by atoms with Crippen molar-refractivity contribution >= 4 is 5.78 Å². The molecule has 0 aromatic heterocycles. The van der Waals surface area contributed by atoms with Gasteiger partial charge in [0.2, 0.25) is 0 Å². The van der Waals surface area contributed by atoms with E-state index in [1.807, 2.05) is 6.08 Å². The summed E-state index contributed by atoms with van der Waals surface area (Å²) in [7, 11) is 0. The van der Waals surface area contributed by atoms with Crippen LogP contribution in [-0.4, -0.2) is 5.78 Å². The van der Waals surface area contributed by atoms with Crippen LogP contribution in [0.5, 0.6) is 0 Å². The minimum atomic E-state index is 0.164. The average Bonchev–Trinajstić information content (AvgIpc) is 2.41. The second-order valence-electron chi connectivity index (χ2n) is 2.31. The molecule has 0 spiro atoms. The lowest BCUT2D eigenvalue weighted by molar-refractivity contribution is -0.112. The van der Waals surface area contributed by atoms with Crippen molar-refractivity contribution in [3.63, 3.8) is 0 Å². The molecule has 0 aliphatic heterocycles. The number of allylic oxidation sites excluding steroid dienone is 2. The van der Waals surface area contributed by atoms with E-state index >= 15 is 0 Å². The van der Waals surface area contributed by atoms with E-state index in [4.69, 9.17) is 0 Å². The molecule has 0 atom stereocenters. The Morgan fingerprint density at radius 1 is 1.62 bits per heavy atom. The van der Waals surface area contributed by atoms with E-state index in [1.165, 1.54) is 12.8 Å². The molecule has 0 aromatic rings. The molecule has 1 aliphatic carbocycles. The maximum atomic E-state index is 10.3. The molecule has 0 heterocycles. The van der Waals surface area contributed by atoms with Crippen molar-refractivity contribution < 1.29 is 4.79 Å². The van der Waals surface area contributed by atoms with Gasteiger partial charge in [-0.05, 0) is 31.8 Å². The Hall–Kier alpha value is -0.590. The second kappa shape index (κ2) is 2.12. The Labute approximate surface area is 49.4 Å². The lowest BCUT2D eigenvalue weighted by Gasteiger charge is -1.76. The Morgan fingerprint density at radius 2 is 2.25 bits per heavy atom. The van der Waals surface area contributed by atoms with Crippen LogP contribution in [0, 0.1) is 5.92 Å². The number of hydrogen-bond acceptors (Lipinski definition) is 1. The van der Waals surface area contributed by atoms with Crippen LogP contribution in [0.2, 0.25) is 0 Å². The molecule has 0 bridgehead atoms. The number of carbonyl (C=O) groups is 1. The quantitative estimate of drug-likeness (QED) is 0.493. The summed E-state index contributed by atoms with van der Waals surface area (Å²) in [5, 5.41) is 0. The topological polar surface area (TPSA) is 17.1 Å². The second-order valence-corrected chi connectivity index (χ2v) is 2.31. The van der Waals surface area contributed by atoms with Gasteiger partial charge in [-0.3, -0.25) is 4.79 Å². The van der Waals surface area contributed by atoms with Crippen LogP contribution in [0.1, 0.15) is 19.8 Å². The molecule has 0 N–H and O–H groups in total. The molecule has 0 saturated heterocycles. The van der Waals surface area contributed by atoms with E-state index in [1.54, 1.807) is 13.0 Å². The van der Waals surface area contributed by atoms with Gasteiger partial charge in [-0.1, -0.05) is 6.08 Å². The van der Waals surface area contributed by atoms with Gasteiger partial charge in [0.15, 0.2) is 5.78 Å². The van der Waals surface area contributed by atoms with Crippen LogP contribution in [0.4, 0.5) is 0 Å². The first-order valence-electron chi connectivity index (χ1n) is 2.98. The van der Waals surface area contributed by atoms with Crippen molar-refractivity contribution in [3.05, 3.63) is 12.2 Å². The van der Waals surface area contributed by atoms with Gasteiger partial charge in [-0.25, -0.2) is 0 Å². The van der Waals surface area contributed by atoms with Crippen molar-refractivity contribution in [3.8, 4) is 0 Å². The first-order chi connectivity index (χ1) is 3.79. The van der Waals surface area contributed by atoms with Crippen molar-refractivity contribution in [2.45, 2.75) is 19.8 Å². The standard InChI is InChI=1S/C7H10O/c1-6(8)2-3-7-4-5-7/h2-3,7H,4-5H2,1H3/b3-2+. The van der Waals surface area contributed by atoms with E-state index in [0.717, 1.165) is 5.92 Å². The molecule has 1 nitrogen and oxygen atoms in total. The maximum absolute atomic E-state index is 10.3. The summed E-state index contributed by atoms with van der Waals surface area (Å²) in [5.41, 5.74) is 0. The Morgan fingerprint density at radius 3 is 2.62 bits per heavy atom. The first kappa shape index (κ1) is 5.54. The van der Waals surface area contributed by atoms with Crippen molar-refractivity contribution in [2.24, 2.45) is 5.92 Å². The van der Waals surface area contributed by atoms with Gasteiger partial charge in [0, 0.05) is 0 Å². The highest BCUT2D eigenvalue weighted by molar-refractivity contribution is 5.87. The van der Waals surface area contributed by atoms with Gasteiger partial charge in [0.25, 0.3) is 0 Å².